The monoisotopic (exact) mass is 280 g/mol. The first-order valence-corrected chi connectivity index (χ1v) is 6.24. The fourth-order valence-electron chi connectivity index (χ4n) is 2.47. The molecule has 2 aromatic rings. The van der Waals surface area contributed by atoms with Crippen LogP contribution in [-0.2, 0) is 4.74 Å². The van der Waals surface area contributed by atoms with E-state index in [4.69, 9.17) is 15.6 Å². The predicted octanol–water partition coefficient (Wildman–Crippen LogP) is -1.49. The van der Waals surface area contributed by atoms with Gasteiger partial charge in [0.25, 0.3) is 0 Å². The number of anilines is 1. The van der Waals surface area contributed by atoms with E-state index in [2.05, 4.69) is 19.9 Å². The van der Waals surface area contributed by atoms with Crippen LogP contribution in [0.5, 0.6) is 0 Å². The van der Waals surface area contributed by atoms with Crippen LogP contribution in [0.4, 0.5) is 5.95 Å². The number of aliphatic hydroxyl groups excluding tert-OH is 2. The fraction of sp³-hybridized carbons (Fsp3) is 0.545. The molecule has 3 rings (SSSR count). The van der Waals surface area contributed by atoms with Crippen LogP contribution in [0.2, 0.25) is 0 Å². The highest BCUT2D eigenvalue weighted by molar-refractivity contribution is 5.69. The van der Waals surface area contributed by atoms with Gasteiger partial charge in [0, 0.05) is 13.5 Å². The molecule has 1 saturated heterocycles. The molecule has 3 atom stereocenters. The molecule has 20 heavy (non-hydrogen) atoms. The summed E-state index contributed by atoms with van der Waals surface area (Å²) in [6, 6.07) is 0. The van der Waals surface area contributed by atoms with Crippen LogP contribution in [-0.4, -0.2) is 55.6 Å². The predicted molar refractivity (Wildman–Crippen MR) is 69.4 cm³/mol. The van der Waals surface area contributed by atoms with Crippen molar-refractivity contribution in [3.05, 3.63) is 11.8 Å². The van der Waals surface area contributed by atoms with Crippen molar-refractivity contribution in [3.8, 4) is 0 Å². The second-order valence-corrected chi connectivity index (χ2v) is 4.60. The molecule has 0 spiro atoms. The number of fused-ring (bicyclic) bond motifs is 1. The van der Waals surface area contributed by atoms with Gasteiger partial charge in [-0.2, -0.15) is 4.98 Å². The van der Waals surface area contributed by atoms with E-state index in [9.17, 15) is 5.11 Å². The van der Waals surface area contributed by atoms with Crippen molar-refractivity contribution < 1.29 is 14.9 Å². The number of aliphatic hydroxyl groups is 2. The van der Waals surface area contributed by atoms with Gasteiger partial charge >= 0.3 is 0 Å². The zero-order chi connectivity index (χ0) is 14.3. The lowest BCUT2D eigenvalue weighted by Gasteiger charge is -2.17. The molecule has 9 heteroatoms. The van der Waals surface area contributed by atoms with Gasteiger partial charge in [0.2, 0.25) is 5.95 Å². The Morgan fingerprint density at radius 3 is 3.10 bits per heavy atom. The first-order chi connectivity index (χ1) is 9.65. The van der Waals surface area contributed by atoms with E-state index >= 15 is 0 Å². The second kappa shape index (κ2) is 4.85. The molecule has 108 valence electrons. The molecule has 0 saturated carbocycles. The Morgan fingerprint density at radius 2 is 2.45 bits per heavy atom. The molecule has 0 amide bonds. The fourth-order valence-corrected chi connectivity index (χ4v) is 2.47. The van der Waals surface area contributed by atoms with Crippen LogP contribution in [0.3, 0.4) is 0 Å². The minimum absolute atomic E-state index is 0.195. The lowest BCUT2D eigenvalue weighted by atomic mass is 10.2. The van der Waals surface area contributed by atoms with Crippen molar-refractivity contribution in [1.82, 2.24) is 19.5 Å². The molecule has 5 N–H and O–H groups in total. The van der Waals surface area contributed by atoms with Gasteiger partial charge in [-0.3, -0.25) is 9.56 Å². The number of nitrogens with two attached hydrogens (primary N) is 1. The van der Waals surface area contributed by atoms with E-state index in [1.54, 1.807) is 11.6 Å². The molecule has 1 fully saturated rings. The molecule has 1 aliphatic heterocycles. The van der Waals surface area contributed by atoms with E-state index in [1.165, 1.54) is 6.33 Å². The first kappa shape index (κ1) is 13.0. The Bertz CT molecular complexity index is 693. The summed E-state index contributed by atoms with van der Waals surface area (Å²) in [5.41, 5.74) is 7.61. The van der Waals surface area contributed by atoms with Crippen LogP contribution < -0.4 is 11.2 Å². The zero-order valence-electron chi connectivity index (χ0n) is 10.9. The lowest BCUT2D eigenvalue weighted by Crippen LogP contribution is -2.30. The molecule has 1 aliphatic rings. The number of hydrogen-bond acceptors (Lipinski definition) is 7. The maximum absolute atomic E-state index is 9.84. The summed E-state index contributed by atoms with van der Waals surface area (Å²) in [4.78, 5) is 15.4. The highest BCUT2D eigenvalue weighted by atomic mass is 16.5. The standard InChI is InChI=1S/C11H16N6O3/c1-13-10-8-9(15-4-14-8)16-11(12)17(10)7-2-5(19)6(3-18)20-7/h4-7,18-19H,2-3H2,1H3,(H2,12,16)(H,14,15)/t5-,6+,7?/m0/s1. The van der Waals surface area contributed by atoms with Crippen LogP contribution in [0.25, 0.3) is 11.2 Å². The third kappa shape index (κ3) is 1.87. The average Bonchev–Trinajstić information content (AvgIpc) is 3.02. The summed E-state index contributed by atoms with van der Waals surface area (Å²) < 4.78 is 7.20. The minimum Gasteiger partial charge on any atom is -0.394 e. The first-order valence-electron chi connectivity index (χ1n) is 6.24. The Kier molecular flexibility index (Phi) is 3.16. The van der Waals surface area contributed by atoms with E-state index in [0.717, 1.165) is 0 Å². The summed E-state index contributed by atoms with van der Waals surface area (Å²) in [7, 11) is 1.63. The van der Waals surface area contributed by atoms with Gasteiger partial charge in [0.1, 0.15) is 17.8 Å². The lowest BCUT2D eigenvalue weighted by molar-refractivity contribution is -0.0450. The van der Waals surface area contributed by atoms with Gasteiger partial charge < -0.3 is 25.7 Å². The topological polar surface area (TPSA) is 135 Å². The van der Waals surface area contributed by atoms with E-state index in [0.29, 0.717) is 23.1 Å². The minimum atomic E-state index is -0.751. The van der Waals surface area contributed by atoms with E-state index < -0.39 is 18.4 Å². The van der Waals surface area contributed by atoms with Crippen molar-refractivity contribution in [2.45, 2.75) is 24.9 Å². The molecule has 2 aromatic heterocycles. The number of ether oxygens (including phenoxy) is 1. The average molecular weight is 280 g/mol. The Labute approximate surface area is 113 Å². The number of hydrogen-bond donors (Lipinski definition) is 4. The molecule has 3 heterocycles. The SMILES string of the molecule is CN=c1c2[nH]cnc2nc(N)n1C1C[C@H](O)[C@@H](CO)O1. The maximum Gasteiger partial charge on any atom is 0.206 e. The van der Waals surface area contributed by atoms with Crippen LogP contribution in [0, 0.1) is 0 Å². The number of aromatic nitrogens is 4. The van der Waals surface area contributed by atoms with Crippen molar-refractivity contribution in [2.75, 3.05) is 19.4 Å². The van der Waals surface area contributed by atoms with E-state index in [-0.39, 0.29) is 12.6 Å². The number of H-pyrrole nitrogens is 1. The summed E-state index contributed by atoms with van der Waals surface area (Å²) in [5, 5.41) is 19.0. The van der Waals surface area contributed by atoms with Crippen LogP contribution in [0.15, 0.2) is 11.3 Å². The van der Waals surface area contributed by atoms with Crippen molar-refractivity contribution >= 4 is 17.1 Å². The highest BCUT2D eigenvalue weighted by Crippen LogP contribution is 2.29. The largest absolute Gasteiger partial charge is 0.394 e. The van der Waals surface area contributed by atoms with Gasteiger partial charge in [-0.25, -0.2) is 4.98 Å². The summed E-state index contributed by atoms with van der Waals surface area (Å²) in [6.07, 6.45) is -0.0878. The zero-order valence-corrected chi connectivity index (χ0v) is 10.9. The number of rotatable bonds is 2. The molecule has 0 aliphatic carbocycles. The van der Waals surface area contributed by atoms with Crippen LogP contribution in [0.1, 0.15) is 12.6 Å². The molecule has 0 aromatic carbocycles. The molecular formula is C11H16N6O3. The molecule has 0 radical (unpaired) electrons. The molecule has 9 nitrogen and oxygen atoms in total. The van der Waals surface area contributed by atoms with Gasteiger partial charge in [0.05, 0.1) is 19.0 Å². The van der Waals surface area contributed by atoms with Crippen molar-refractivity contribution in [2.24, 2.45) is 4.99 Å². The quantitative estimate of drug-likeness (QED) is 0.529. The Morgan fingerprint density at radius 1 is 1.65 bits per heavy atom. The number of imidazole rings is 1. The summed E-state index contributed by atoms with van der Waals surface area (Å²) >= 11 is 0. The number of aromatic amines is 1. The summed E-state index contributed by atoms with van der Waals surface area (Å²) in [6.45, 7) is -0.254. The highest BCUT2D eigenvalue weighted by Gasteiger charge is 2.35. The van der Waals surface area contributed by atoms with Gasteiger partial charge in [-0.1, -0.05) is 0 Å². The Hall–Kier alpha value is -1.97. The normalized spacial score (nSPS) is 27.6. The maximum atomic E-state index is 9.84. The smallest absolute Gasteiger partial charge is 0.206 e. The number of nitrogen functional groups attached to an aromatic ring is 1. The van der Waals surface area contributed by atoms with E-state index in [1.807, 2.05) is 0 Å². The van der Waals surface area contributed by atoms with Crippen LogP contribution >= 0.6 is 0 Å². The molecule has 1 unspecified atom stereocenters. The van der Waals surface area contributed by atoms with Gasteiger partial charge in [-0.15, -0.1) is 0 Å². The molecule has 0 bridgehead atoms. The number of nitrogens with one attached hydrogen (secondary N) is 1. The van der Waals surface area contributed by atoms with Crippen molar-refractivity contribution in [1.29, 1.82) is 0 Å². The Balaban J connectivity index is 2.14. The van der Waals surface area contributed by atoms with Gasteiger partial charge in [0.15, 0.2) is 11.1 Å². The van der Waals surface area contributed by atoms with Gasteiger partial charge in [-0.05, 0) is 0 Å². The third-order valence-electron chi connectivity index (χ3n) is 3.42. The third-order valence-corrected chi connectivity index (χ3v) is 3.42. The number of nitrogens with zero attached hydrogens (tertiary/aromatic N) is 4. The molecular weight excluding hydrogens is 264 g/mol. The second-order valence-electron chi connectivity index (χ2n) is 4.60. The summed E-state index contributed by atoms with van der Waals surface area (Å²) in [5.74, 6) is 0.195. The van der Waals surface area contributed by atoms with Crippen molar-refractivity contribution in [3.63, 3.8) is 0 Å².